The molecule has 0 amide bonds. The van der Waals surface area contributed by atoms with Gasteiger partial charge in [0.25, 0.3) is 0 Å². The predicted octanol–water partition coefficient (Wildman–Crippen LogP) is 1.46. The van der Waals surface area contributed by atoms with Crippen molar-refractivity contribution in [2.24, 2.45) is 0 Å². The zero-order valence-corrected chi connectivity index (χ0v) is 9.81. The van der Waals surface area contributed by atoms with Crippen LogP contribution in [0.1, 0.15) is 10.4 Å². The first kappa shape index (κ1) is 13.5. The lowest BCUT2D eigenvalue weighted by molar-refractivity contribution is 0.0697. The molecule has 17 heavy (non-hydrogen) atoms. The van der Waals surface area contributed by atoms with Gasteiger partial charge in [0.2, 0.25) is 0 Å². The van der Waals surface area contributed by atoms with Crippen LogP contribution in [0.2, 0.25) is 0 Å². The number of ether oxygens (including phenoxy) is 2. The van der Waals surface area contributed by atoms with Crippen molar-refractivity contribution in [2.45, 2.75) is 0 Å². The summed E-state index contributed by atoms with van der Waals surface area (Å²) in [4.78, 5) is 10.6. The molecular formula is C12H17NO4. The van der Waals surface area contributed by atoms with E-state index in [4.69, 9.17) is 14.6 Å². The molecule has 0 spiro atoms. The van der Waals surface area contributed by atoms with E-state index in [0.29, 0.717) is 26.4 Å². The minimum atomic E-state index is -0.917. The number of rotatable bonds is 8. The van der Waals surface area contributed by atoms with Gasteiger partial charge in [-0.25, -0.2) is 4.79 Å². The van der Waals surface area contributed by atoms with E-state index in [-0.39, 0.29) is 5.56 Å². The molecular weight excluding hydrogens is 222 g/mol. The molecule has 0 aliphatic carbocycles. The van der Waals surface area contributed by atoms with Crippen molar-refractivity contribution >= 4 is 11.7 Å². The molecule has 2 N–H and O–H groups in total. The van der Waals surface area contributed by atoms with Crippen molar-refractivity contribution in [3.05, 3.63) is 29.8 Å². The summed E-state index contributed by atoms with van der Waals surface area (Å²) in [6, 6.07) is 6.60. The SMILES string of the molecule is COCCOCCNc1ccc(C(=O)O)cc1. The van der Waals surface area contributed by atoms with Crippen molar-refractivity contribution < 1.29 is 19.4 Å². The fourth-order valence-electron chi connectivity index (χ4n) is 1.24. The second-order valence-electron chi connectivity index (χ2n) is 3.41. The van der Waals surface area contributed by atoms with E-state index in [2.05, 4.69) is 5.32 Å². The highest BCUT2D eigenvalue weighted by molar-refractivity contribution is 5.87. The Morgan fingerprint density at radius 3 is 2.53 bits per heavy atom. The van der Waals surface area contributed by atoms with E-state index >= 15 is 0 Å². The van der Waals surface area contributed by atoms with Crippen LogP contribution in [0.4, 0.5) is 5.69 Å². The number of anilines is 1. The van der Waals surface area contributed by atoms with Crippen LogP contribution in [-0.4, -0.2) is 44.6 Å². The number of methoxy groups -OCH3 is 1. The van der Waals surface area contributed by atoms with Crippen LogP contribution >= 0.6 is 0 Å². The molecule has 94 valence electrons. The molecule has 0 bridgehead atoms. The van der Waals surface area contributed by atoms with Gasteiger partial charge in [-0.1, -0.05) is 0 Å². The smallest absolute Gasteiger partial charge is 0.335 e. The third kappa shape index (κ3) is 5.33. The Bertz CT molecular complexity index is 337. The number of hydrogen-bond acceptors (Lipinski definition) is 4. The van der Waals surface area contributed by atoms with Crippen LogP contribution in [-0.2, 0) is 9.47 Å². The average molecular weight is 239 g/mol. The molecule has 1 aromatic rings. The molecule has 0 radical (unpaired) electrons. The van der Waals surface area contributed by atoms with Gasteiger partial charge < -0.3 is 19.9 Å². The number of carboxylic acid groups (broad SMARTS) is 1. The van der Waals surface area contributed by atoms with Gasteiger partial charge in [0.05, 0.1) is 25.4 Å². The molecule has 1 rings (SSSR count). The quantitative estimate of drug-likeness (QED) is 0.672. The maximum Gasteiger partial charge on any atom is 0.335 e. The van der Waals surface area contributed by atoms with Gasteiger partial charge >= 0.3 is 5.97 Å². The maximum atomic E-state index is 10.6. The fraction of sp³-hybridized carbons (Fsp3) is 0.417. The van der Waals surface area contributed by atoms with E-state index in [1.54, 1.807) is 31.4 Å². The summed E-state index contributed by atoms with van der Waals surface area (Å²) in [5.74, 6) is -0.917. The van der Waals surface area contributed by atoms with E-state index in [1.165, 1.54) is 0 Å². The van der Waals surface area contributed by atoms with Gasteiger partial charge in [-0.05, 0) is 24.3 Å². The molecule has 0 saturated carbocycles. The maximum absolute atomic E-state index is 10.6. The summed E-state index contributed by atoms with van der Waals surface area (Å²) in [5, 5.41) is 11.8. The number of nitrogens with one attached hydrogen (secondary N) is 1. The molecule has 5 heteroatoms. The summed E-state index contributed by atoms with van der Waals surface area (Å²) >= 11 is 0. The number of aromatic carboxylic acids is 1. The Morgan fingerprint density at radius 1 is 1.24 bits per heavy atom. The normalized spacial score (nSPS) is 10.2. The van der Waals surface area contributed by atoms with Crippen molar-refractivity contribution in [1.29, 1.82) is 0 Å². The Hall–Kier alpha value is -1.59. The van der Waals surface area contributed by atoms with Crippen LogP contribution in [0.25, 0.3) is 0 Å². The number of hydrogen-bond donors (Lipinski definition) is 2. The molecule has 1 aromatic carbocycles. The summed E-state index contributed by atoms with van der Waals surface area (Å²) < 4.78 is 10.1. The lowest BCUT2D eigenvalue weighted by Gasteiger charge is -2.07. The predicted molar refractivity (Wildman–Crippen MR) is 64.6 cm³/mol. The lowest BCUT2D eigenvalue weighted by atomic mass is 10.2. The third-order valence-electron chi connectivity index (χ3n) is 2.14. The molecule has 0 saturated heterocycles. The first-order valence-electron chi connectivity index (χ1n) is 5.38. The Balaban J connectivity index is 2.21. The summed E-state index contributed by atoms with van der Waals surface area (Å²) in [6.07, 6.45) is 0. The van der Waals surface area contributed by atoms with Crippen LogP contribution < -0.4 is 5.32 Å². The van der Waals surface area contributed by atoms with E-state index < -0.39 is 5.97 Å². The van der Waals surface area contributed by atoms with Gasteiger partial charge in [-0.15, -0.1) is 0 Å². The molecule has 0 atom stereocenters. The molecule has 5 nitrogen and oxygen atoms in total. The number of carboxylic acids is 1. The topological polar surface area (TPSA) is 67.8 Å². The minimum Gasteiger partial charge on any atom is -0.478 e. The number of carbonyl (C=O) groups is 1. The van der Waals surface area contributed by atoms with Crippen molar-refractivity contribution in [2.75, 3.05) is 38.8 Å². The Kier molecular flexibility index (Phi) is 6.06. The first-order valence-corrected chi connectivity index (χ1v) is 5.38. The second kappa shape index (κ2) is 7.65. The molecule has 0 unspecified atom stereocenters. The van der Waals surface area contributed by atoms with E-state index in [9.17, 15) is 4.79 Å². The van der Waals surface area contributed by atoms with Gasteiger partial charge in [0.15, 0.2) is 0 Å². The highest BCUT2D eigenvalue weighted by Gasteiger charge is 2.00. The Labute approximate surface area is 100 Å². The second-order valence-corrected chi connectivity index (χ2v) is 3.41. The zero-order chi connectivity index (χ0) is 12.5. The first-order chi connectivity index (χ1) is 8.24. The summed E-state index contributed by atoms with van der Waals surface area (Å²) in [5.41, 5.74) is 1.16. The fourth-order valence-corrected chi connectivity index (χ4v) is 1.24. The number of benzene rings is 1. The van der Waals surface area contributed by atoms with Gasteiger partial charge in [-0.2, -0.15) is 0 Å². The van der Waals surface area contributed by atoms with Gasteiger partial charge in [0.1, 0.15) is 0 Å². The van der Waals surface area contributed by atoms with Crippen molar-refractivity contribution in [1.82, 2.24) is 0 Å². The molecule has 0 aliphatic rings. The van der Waals surface area contributed by atoms with Gasteiger partial charge in [0, 0.05) is 19.3 Å². The van der Waals surface area contributed by atoms with Crippen LogP contribution in [0.15, 0.2) is 24.3 Å². The van der Waals surface area contributed by atoms with Crippen LogP contribution in [0, 0.1) is 0 Å². The third-order valence-corrected chi connectivity index (χ3v) is 2.14. The van der Waals surface area contributed by atoms with E-state index in [0.717, 1.165) is 5.69 Å². The molecule has 0 heterocycles. The highest BCUT2D eigenvalue weighted by Crippen LogP contribution is 2.08. The van der Waals surface area contributed by atoms with Crippen LogP contribution in [0.3, 0.4) is 0 Å². The minimum absolute atomic E-state index is 0.284. The highest BCUT2D eigenvalue weighted by atomic mass is 16.5. The van der Waals surface area contributed by atoms with Crippen LogP contribution in [0.5, 0.6) is 0 Å². The molecule has 0 aliphatic heterocycles. The monoisotopic (exact) mass is 239 g/mol. The molecule has 0 fully saturated rings. The summed E-state index contributed by atoms with van der Waals surface area (Å²) in [6.45, 7) is 2.43. The average Bonchev–Trinajstić information content (AvgIpc) is 2.34. The largest absolute Gasteiger partial charge is 0.478 e. The molecule has 0 aromatic heterocycles. The zero-order valence-electron chi connectivity index (χ0n) is 9.81. The summed E-state index contributed by atoms with van der Waals surface area (Å²) in [7, 11) is 1.63. The van der Waals surface area contributed by atoms with Crippen molar-refractivity contribution in [3.63, 3.8) is 0 Å². The standard InChI is InChI=1S/C12H17NO4/c1-16-8-9-17-7-6-13-11-4-2-10(3-5-11)12(14)15/h2-5,13H,6-9H2,1H3,(H,14,15). The van der Waals surface area contributed by atoms with E-state index in [1.807, 2.05) is 0 Å². The van der Waals surface area contributed by atoms with Crippen molar-refractivity contribution in [3.8, 4) is 0 Å². The van der Waals surface area contributed by atoms with Gasteiger partial charge in [-0.3, -0.25) is 0 Å². The Morgan fingerprint density at radius 2 is 1.94 bits per heavy atom. The lowest BCUT2D eigenvalue weighted by Crippen LogP contribution is -2.12.